The highest BCUT2D eigenvalue weighted by Gasteiger charge is 2.34. The van der Waals surface area contributed by atoms with Crippen LogP contribution in [0.3, 0.4) is 0 Å². The van der Waals surface area contributed by atoms with Crippen LogP contribution < -0.4 is 10.6 Å². The van der Waals surface area contributed by atoms with Crippen LogP contribution in [0.1, 0.15) is 25.7 Å². The van der Waals surface area contributed by atoms with Crippen molar-refractivity contribution >= 4 is 23.3 Å². The molecule has 2 rings (SSSR count). The van der Waals surface area contributed by atoms with Gasteiger partial charge in [0.1, 0.15) is 5.82 Å². The molecule has 0 heterocycles. The van der Waals surface area contributed by atoms with Crippen LogP contribution in [0.5, 0.6) is 0 Å². The molecular weight excluding hydrogens is 271 g/mol. The molecule has 0 aromatic heterocycles. The summed E-state index contributed by atoms with van der Waals surface area (Å²) in [5, 5.41) is 14.8. The summed E-state index contributed by atoms with van der Waals surface area (Å²) >= 11 is 5.63. The number of benzene rings is 1. The van der Waals surface area contributed by atoms with Gasteiger partial charge in [-0.05, 0) is 31.0 Å². The normalized spacial score (nSPS) is 17.2. The fourth-order valence-electron chi connectivity index (χ4n) is 2.36. The molecule has 0 atom stereocenters. The minimum atomic E-state index is -0.591. The van der Waals surface area contributed by atoms with Crippen molar-refractivity contribution in [1.82, 2.24) is 5.32 Å². The Labute approximate surface area is 116 Å². The van der Waals surface area contributed by atoms with Gasteiger partial charge in [-0.25, -0.2) is 9.18 Å². The Hall–Kier alpha value is -1.33. The van der Waals surface area contributed by atoms with Crippen molar-refractivity contribution in [2.75, 3.05) is 11.9 Å². The Bertz CT molecular complexity index is 476. The highest BCUT2D eigenvalue weighted by atomic mass is 35.5. The Balaban J connectivity index is 2.01. The number of rotatable bonds is 3. The summed E-state index contributed by atoms with van der Waals surface area (Å²) in [5.74, 6) is -0.591. The number of hydrogen-bond donors (Lipinski definition) is 3. The van der Waals surface area contributed by atoms with Crippen LogP contribution in [0.2, 0.25) is 5.02 Å². The number of halogens is 2. The quantitative estimate of drug-likeness (QED) is 0.800. The second-order valence-corrected chi connectivity index (χ2v) is 5.29. The van der Waals surface area contributed by atoms with Crippen LogP contribution in [0.4, 0.5) is 14.9 Å². The molecule has 1 fully saturated rings. The van der Waals surface area contributed by atoms with Crippen LogP contribution in [0.15, 0.2) is 18.2 Å². The van der Waals surface area contributed by atoms with E-state index in [1.165, 1.54) is 12.1 Å². The largest absolute Gasteiger partial charge is 0.394 e. The smallest absolute Gasteiger partial charge is 0.319 e. The predicted molar refractivity (Wildman–Crippen MR) is 71.8 cm³/mol. The number of carbonyl (C=O) groups excluding carboxylic acids is 1. The van der Waals surface area contributed by atoms with Crippen LogP contribution >= 0.6 is 11.6 Å². The lowest BCUT2D eigenvalue weighted by Crippen LogP contribution is -2.50. The van der Waals surface area contributed by atoms with E-state index in [1.807, 2.05) is 0 Å². The predicted octanol–water partition coefficient (Wildman–Crippen LogP) is 2.91. The van der Waals surface area contributed by atoms with Crippen molar-refractivity contribution in [1.29, 1.82) is 0 Å². The van der Waals surface area contributed by atoms with Gasteiger partial charge in [0, 0.05) is 5.02 Å². The number of hydrogen-bond acceptors (Lipinski definition) is 2. The van der Waals surface area contributed by atoms with E-state index in [0.29, 0.717) is 0 Å². The molecule has 0 spiro atoms. The van der Waals surface area contributed by atoms with Crippen molar-refractivity contribution in [2.24, 2.45) is 0 Å². The zero-order valence-corrected chi connectivity index (χ0v) is 11.1. The molecule has 19 heavy (non-hydrogen) atoms. The van der Waals surface area contributed by atoms with Crippen molar-refractivity contribution in [3.63, 3.8) is 0 Å². The van der Waals surface area contributed by atoms with Gasteiger partial charge in [-0.1, -0.05) is 24.4 Å². The fraction of sp³-hybridized carbons (Fsp3) is 0.462. The molecule has 3 N–H and O–H groups in total. The van der Waals surface area contributed by atoms with Gasteiger partial charge in [-0.15, -0.1) is 0 Å². The van der Waals surface area contributed by atoms with Gasteiger partial charge in [-0.2, -0.15) is 0 Å². The number of anilines is 1. The summed E-state index contributed by atoms with van der Waals surface area (Å²) < 4.78 is 13.5. The summed E-state index contributed by atoms with van der Waals surface area (Å²) in [6.45, 7) is -0.108. The van der Waals surface area contributed by atoms with E-state index in [4.69, 9.17) is 11.6 Å². The maximum atomic E-state index is 13.5. The Morgan fingerprint density at radius 2 is 2.11 bits per heavy atom. The molecule has 4 nitrogen and oxygen atoms in total. The zero-order chi connectivity index (χ0) is 13.9. The van der Waals surface area contributed by atoms with Crippen molar-refractivity contribution in [3.8, 4) is 0 Å². The first-order chi connectivity index (χ1) is 9.04. The highest BCUT2D eigenvalue weighted by molar-refractivity contribution is 6.30. The lowest BCUT2D eigenvalue weighted by Gasteiger charge is -2.28. The van der Waals surface area contributed by atoms with Crippen LogP contribution in [0.25, 0.3) is 0 Å². The van der Waals surface area contributed by atoms with E-state index in [1.54, 1.807) is 0 Å². The van der Waals surface area contributed by atoms with Crippen molar-refractivity contribution < 1.29 is 14.3 Å². The molecule has 0 aliphatic heterocycles. The van der Waals surface area contributed by atoms with E-state index < -0.39 is 17.4 Å². The van der Waals surface area contributed by atoms with Crippen LogP contribution in [-0.4, -0.2) is 23.3 Å². The van der Waals surface area contributed by atoms with Gasteiger partial charge in [-0.3, -0.25) is 0 Å². The van der Waals surface area contributed by atoms with Crippen molar-refractivity contribution in [2.45, 2.75) is 31.2 Å². The average molecular weight is 287 g/mol. The lowest BCUT2D eigenvalue weighted by atomic mass is 9.99. The van der Waals surface area contributed by atoms with Gasteiger partial charge in [0.05, 0.1) is 17.8 Å². The monoisotopic (exact) mass is 286 g/mol. The molecule has 2 amide bonds. The second-order valence-electron chi connectivity index (χ2n) is 4.85. The molecule has 1 aromatic carbocycles. The Morgan fingerprint density at radius 3 is 2.68 bits per heavy atom. The molecule has 1 aliphatic carbocycles. The van der Waals surface area contributed by atoms with Gasteiger partial charge in [0.2, 0.25) is 0 Å². The molecule has 104 valence electrons. The molecule has 6 heteroatoms. The van der Waals surface area contributed by atoms with Gasteiger partial charge >= 0.3 is 6.03 Å². The van der Waals surface area contributed by atoms with E-state index in [-0.39, 0.29) is 17.3 Å². The van der Waals surface area contributed by atoms with Crippen LogP contribution in [-0.2, 0) is 0 Å². The number of urea groups is 1. The molecule has 1 aliphatic rings. The van der Waals surface area contributed by atoms with Gasteiger partial charge < -0.3 is 15.7 Å². The zero-order valence-electron chi connectivity index (χ0n) is 10.4. The molecule has 0 unspecified atom stereocenters. The van der Waals surface area contributed by atoms with Gasteiger partial charge in [0.15, 0.2) is 0 Å². The molecule has 1 saturated carbocycles. The lowest BCUT2D eigenvalue weighted by molar-refractivity contribution is 0.167. The number of amides is 2. The van der Waals surface area contributed by atoms with E-state index >= 15 is 0 Å². The number of aliphatic hydroxyl groups is 1. The molecule has 1 aromatic rings. The summed E-state index contributed by atoms with van der Waals surface area (Å²) in [6.07, 6.45) is 3.41. The second kappa shape index (κ2) is 5.75. The summed E-state index contributed by atoms with van der Waals surface area (Å²) in [4.78, 5) is 11.8. The first kappa shape index (κ1) is 14.1. The molecular formula is C13H16ClFN2O2. The maximum Gasteiger partial charge on any atom is 0.319 e. The SMILES string of the molecule is O=C(Nc1ccc(Cl)cc1F)NC1(CO)CCCC1. The van der Waals surface area contributed by atoms with E-state index in [2.05, 4.69) is 10.6 Å². The number of nitrogens with one attached hydrogen (secondary N) is 2. The Kier molecular flexibility index (Phi) is 4.27. The standard InChI is InChI=1S/C13H16ClFN2O2/c14-9-3-4-11(10(15)7-9)16-12(19)17-13(8-18)5-1-2-6-13/h3-4,7,18H,1-2,5-6,8H2,(H2,16,17,19). The minimum absolute atomic E-state index is 0.0630. The third kappa shape index (κ3) is 3.36. The average Bonchev–Trinajstić information content (AvgIpc) is 2.82. The minimum Gasteiger partial charge on any atom is -0.394 e. The Morgan fingerprint density at radius 1 is 1.42 bits per heavy atom. The van der Waals surface area contributed by atoms with Crippen LogP contribution in [0, 0.1) is 5.82 Å². The maximum absolute atomic E-state index is 13.5. The molecule has 0 bridgehead atoms. The van der Waals surface area contributed by atoms with Gasteiger partial charge in [0.25, 0.3) is 0 Å². The topological polar surface area (TPSA) is 61.4 Å². The first-order valence-corrected chi connectivity index (χ1v) is 6.57. The molecule has 0 saturated heterocycles. The van der Waals surface area contributed by atoms with E-state index in [0.717, 1.165) is 31.7 Å². The fourth-order valence-corrected chi connectivity index (χ4v) is 2.52. The summed E-state index contributed by atoms with van der Waals surface area (Å²) in [6, 6.07) is 3.51. The molecule has 0 radical (unpaired) electrons. The number of carbonyl (C=O) groups is 1. The van der Waals surface area contributed by atoms with Crippen molar-refractivity contribution in [3.05, 3.63) is 29.0 Å². The van der Waals surface area contributed by atoms with E-state index in [9.17, 15) is 14.3 Å². The number of aliphatic hydroxyl groups excluding tert-OH is 1. The third-order valence-corrected chi connectivity index (χ3v) is 3.66. The highest BCUT2D eigenvalue weighted by Crippen LogP contribution is 2.29. The third-order valence-electron chi connectivity index (χ3n) is 3.42. The summed E-state index contributed by atoms with van der Waals surface area (Å²) in [7, 11) is 0. The summed E-state index contributed by atoms with van der Waals surface area (Å²) in [5.41, 5.74) is -0.513. The first-order valence-electron chi connectivity index (χ1n) is 6.20.